The molecule has 1 aromatic heterocycles. The molecule has 0 aliphatic carbocycles. The van der Waals surface area contributed by atoms with Crippen molar-refractivity contribution in [2.45, 2.75) is 31.1 Å². The van der Waals surface area contributed by atoms with Gasteiger partial charge < -0.3 is 0 Å². The molecule has 1 aliphatic heterocycles. The van der Waals surface area contributed by atoms with Crippen LogP contribution in [0, 0.1) is 6.92 Å². The van der Waals surface area contributed by atoms with E-state index in [-0.39, 0.29) is 17.0 Å². The molecule has 0 spiro atoms. The van der Waals surface area contributed by atoms with Gasteiger partial charge in [-0.05, 0) is 20.3 Å². The van der Waals surface area contributed by atoms with Gasteiger partial charge >= 0.3 is 0 Å². The molecule has 2 rings (SSSR count). The molecule has 1 aromatic rings. The monoisotopic (exact) mass is 306 g/mol. The third kappa shape index (κ3) is 1.93. The van der Waals surface area contributed by atoms with E-state index in [1.807, 2.05) is 18.5 Å². The first-order valence-electron chi connectivity index (χ1n) is 5.18. The number of aromatic nitrogens is 2. The van der Waals surface area contributed by atoms with Crippen molar-refractivity contribution in [3.8, 4) is 0 Å². The summed E-state index contributed by atoms with van der Waals surface area (Å²) in [6, 6.07) is 0. The van der Waals surface area contributed by atoms with Crippen molar-refractivity contribution in [3.63, 3.8) is 0 Å². The molecule has 1 aliphatic rings. The topological polar surface area (TPSA) is 52.0 Å². The van der Waals surface area contributed by atoms with Crippen LogP contribution in [0.15, 0.2) is 6.20 Å². The highest BCUT2D eigenvalue weighted by Crippen LogP contribution is 2.32. The van der Waals surface area contributed by atoms with Crippen molar-refractivity contribution < 1.29 is 8.42 Å². The van der Waals surface area contributed by atoms with Crippen LogP contribution in [0.2, 0.25) is 0 Å². The van der Waals surface area contributed by atoms with Gasteiger partial charge in [0.25, 0.3) is 0 Å². The van der Waals surface area contributed by atoms with Gasteiger partial charge in [0.15, 0.2) is 9.84 Å². The number of nitrogens with zero attached hydrogens (tertiary/aromatic N) is 2. The van der Waals surface area contributed by atoms with E-state index in [0.717, 1.165) is 16.6 Å². The minimum absolute atomic E-state index is 0.199. The molecule has 16 heavy (non-hydrogen) atoms. The van der Waals surface area contributed by atoms with E-state index in [2.05, 4.69) is 21.0 Å². The summed E-state index contributed by atoms with van der Waals surface area (Å²) >= 11 is 3.40. The van der Waals surface area contributed by atoms with Crippen LogP contribution in [0.4, 0.5) is 0 Å². The maximum absolute atomic E-state index is 11.6. The first kappa shape index (κ1) is 12.1. The van der Waals surface area contributed by atoms with Gasteiger partial charge in [-0.25, -0.2) is 8.42 Å². The van der Waals surface area contributed by atoms with Crippen molar-refractivity contribution in [1.82, 2.24) is 9.78 Å². The van der Waals surface area contributed by atoms with E-state index in [1.54, 1.807) is 6.20 Å². The van der Waals surface area contributed by atoms with E-state index in [9.17, 15) is 8.42 Å². The smallest absolute Gasteiger partial charge is 0.152 e. The van der Waals surface area contributed by atoms with E-state index < -0.39 is 9.84 Å². The Morgan fingerprint density at radius 3 is 2.75 bits per heavy atom. The summed E-state index contributed by atoms with van der Waals surface area (Å²) in [5.41, 5.74) is 1.80. The SMILES string of the molecule is Cc1c(CBr)cnn1C1(C)CCS(=O)(=O)C1. The normalized spacial score (nSPS) is 28.4. The Bertz CT molecular complexity index is 509. The van der Waals surface area contributed by atoms with E-state index in [4.69, 9.17) is 0 Å². The summed E-state index contributed by atoms with van der Waals surface area (Å²) in [5, 5.41) is 5.08. The number of halogens is 1. The molecule has 0 N–H and O–H groups in total. The third-order valence-electron chi connectivity index (χ3n) is 3.25. The van der Waals surface area contributed by atoms with E-state index in [0.29, 0.717) is 6.42 Å². The van der Waals surface area contributed by atoms with Gasteiger partial charge in [-0.3, -0.25) is 4.68 Å². The zero-order chi connectivity index (χ0) is 12.0. The standard InChI is InChI=1S/C10H15BrN2O2S/c1-8-9(5-11)6-12-13(8)10(2)3-4-16(14,15)7-10/h6H,3-5,7H2,1-2H3. The minimum atomic E-state index is -2.89. The largest absolute Gasteiger partial charge is 0.263 e. The van der Waals surface area contributed by atoms with Gasteiger partial charge in [0.05, 0.1) is 23.2 Å². The van der Waals surface area contributed by atoms with Gasteiger partial charge in [0, 0.05) is 16.6 Å². The Labute approximate surface area is 104 Å². The summed E-state index contributed by atoms with van der Waals surface area (Å²) in [5.74, 6) is 0.469. The molecule has 1 atom stereocenters. The van der Waals surface area contributed by atoms with Crippen molar-refractivity contribution >= 4 is 25.8 Å². The average molecular weight is 307 g/mol. The number of hydrogen-bond donors (Lipinski definition) is 0. The lowest BCUT2D eigenvalue weighted by atomic mass is 10.0. The summed E-state index contributed by atoms with van der Waals surface area (Å²) in [7, 11) is -2.89. The van der Waals surface area contributed by atoms with Crippen LogP contribution >= 0.6 is 15.9 Å². The molecule has 0 aromatic carbocycles. The molecule has 1 unspecified atom stereocenters. The highest BCUT2D eigenvalue weighted by Gasteiger charge is 2.41. The lowest BCUT2D eigenvalue weighted by Gasteiger charge is -2.24. The fraction of sp³-hybridized carbons (Fsp3) is 0.700. The van der Waals surface area contributed by atoms with Crippen molar-refractivity contribution in [2.75, 3.05) is 11.5 Å². The van der Waals surface area contributed by atoms with Crippen molar-refractivity contribution in [1.29, 1.82) is 0 Å². The predicted octanol–water partition coefficient (Wildman–Crippen LogP) is 1.62. The van der Waals surface area contributed by atoms with Gasteiger partial charge in [-0.15, -0.1) is 0 Å². The van der Waals surface area contributed by atoms with Crippen LogP contribution in [0.3, 0.4) is 0 Å². The van der Waals surface area contributed by atoms with Crippen LogP contribution in [0.1, 0.15) is 24.6 Å². The van der Waals surface area contributed by atoms with Crippen molar-refractivity contribution in [2.24, 2.45) is 0 Å². The molecular weight excluding hydrogens is 292 g/mol. The van der Waals surface area contributed by atoms with Gasteiger partial charge in [0.2, 0.25) is 0 Å². The van der Waals surface area contributed by atoms with Gasteiger partial charge in [-0.2, -0.15) is 5.10 Å². The van der Waals surface area contributed by atoms with E-state index in [1.165, 1.54) is 0 Å². The highest BCUT2D eigenvalue weighted by atomic mass is 79.9. The molecule has 0 amide bonds. The van der Waals surface area contributed by atoms with E-state index >= 15 is 0 Å². The summed E-state index contributed by atoms with van der Waals surface area (Å²) in [4.78, 5) is 0. The molecule has 1 fully saturated rings. The molecule has 0 bridgehead atoms. The second-order valence-corrected chi connectivity index (χ2v) is 7.38. The quantitative estimate of drug-likeness (QED) is 0.780. The fourth-order valence-electron chi connectivity index (χ4n) is 2.28. The van der Waals surface area contributed by atoms with Crippen LogP contribution in [-0.2, 0) is 20.7 Å². The number of hydrogen-bond acceptors (Lipinski definition) is 3. The molecule has 0 radical (unpaired) electrons. The molecule has 1 saturated heterocycles. The van der Waals surface area contributed by atoms with Gasteiger partial charge in [-0.1, -0.05) is 15.9 Å². The Hall–Kier alpha value is -0.360. The molecule has 6 heteroatoms. The Morgan fingerprint density at radius 2 is 2.31 bits per heavy atom. The first-order chi connectivity index (χ1) is 7.38. The minimum Gasteiger partial charge on any atom is -0.263 e. The van der Waals surface area contributed by atoms with Crippen LogP contribution in [0.25, 0.3) is 0 Å². The average Bonchev–Trinajstić information content (AvgIpc) is 2.68. The molecule has 2 heterocycles. The lowest BCUT2D eigenvalue weighted by Crippen LogP contribution is -2.33. The fourth-order valence-corrected chi connectivity index (χ4v) is 4.94. The molecule has 90 valence electrons. The first-order valence-corrected chi connectivity index (χ1v) is 8.13. The van der Waals surface area contributed by atoms with Crippen LogP contribution in [-0.4, -0.2) is 29.7 Å². The lowest BCUT2D eigenvalue weighted by molar-refractivity contribution is 0.321. The predicted molar refractivity (Wildman–Crippen MR) is 66.5 cm³/mol. The Morgan fingerprint density at radius 1 is 1.62 bits per heavy atom. The molecular formula is C10H15BrN2O2S. The second-order valence-electron chi connectivity index (χ2n) is 4.64. The Balaban J connectivity index is 2.41. The van der Waals surface area contributed by atoms with Crippen LogP contribution in [0.5, 0.6) is 0 Å². The zero-order valence-corrected chi connectivity index (χ0v) is 11.8. The Kier molecular flexibility index (Phi) is 2.90. The molecule has 0 saturated carbocycles. The summed E-state index contributed by atoms with van der Waals surface area (Å²) in [6.07, 6.45) is 2.46. The maximum atomic E-state index is 11.6. The third-order valence-corrected chi connectivity index (χ3v) is 5.74. The number of rotatable bonds is 2. The number of alkyl halides is 1. The maximum Gasteiger partial charge on any atom is 0.152 e. The zero-order valence-electron chi connectivity index (χ0n) is 9.40. The number of sulfone groups is 1. The highest BCUT2D eigenvalue weighted by molar-refractivity contribution is 9.08. The summed E-state index contributed by atoms with van der Waals surface area (Å²) in [6.45, 7) is 3.95. The second kappa shape index (κ2) is 3.84. The molecule has 4 nitrogen and oxygen atoms in total. The van der Waals surface area contributed by atoms with Crippen molar-refractivity contribution in [3.05, 3.63) is 17.5 Å². The van der Waals surface area contributed by atoms with Crippen LogP contribution < -0.4 is 0 Å². The van der Waals surface area contributed by atoms with Gasteiger partial charge in [0.1, 0.15) is 0 Å². The summed E-state index contributed by atoms with van der Waals surface area (Å²) < 4.78 is 25.0.